The van der Waals surface area contributed by atoms with Crippen molar-refractivity contribution in [3.8, 4) is 0 Å². The van der Waals surface area contributed by atoms with Gasteiger partial charge in [-0.3, -0.25) is 9.48 Å². The lowest BCUT2D eigenvalue weighted by atomic mass is 10.3. The van der Waals surface area contributed by atoms with E-state index in [9.17, 15) is 9.18 Å². The number of anilines is 1. The van der Waals surface area contributed by atoms with Crippen LogP contribution in [0.5, 0.6) is 0 Å². The fraction of sp³-hybridized carbons (Fsp3) is 0.333. The van der Waals surface area contributed by atoms with Gasteiger partial charge < -0.3 is 16.0 Å². The topological polar surface area (TPSA) is 96.2 Å². The van der Waals surface area contributed by atoms with E-state index < -0.39 is 0 Å². The van der Waals surface area contributed by atoms with Crippen molar-refractivity contribution in [1.82, 2.24) is 25.4 Å². The Morgan fingerprint density at radius 1 is 1.28 bits per heavy atom. The number of halogens is 2. The summed E-state index contributed by atoms with van der Waals surface area (Å²) < 4.78 is 14.5. The molecule has 0 aliphatic heterocycles. The number of nitrogens with zero attached hydrogens (tertiary/aromatic N) is 4. The molecule has 136 valence electrons. The van der Waals surface area contributed by atoms with E-state index in [1.165, 1.54) is 30.6 Å². The van der Waals surface area contributed by atoms with Crippen molar-refractivity contribution in [2.45, 2.75) is 13.5 Å². The lowest BCUT2D eigenvalue weighted by molar-refractivity contribution is -0.115. The minimum atomic E-state index is -0.350. The van der Waals surface area contributed by atoms with Gasteiger partial charge in [-0.1, -0.05) is 0 Å². The molecule has 3 N–H and O–H groups in total. The van der Waals surface area contributed by atoms with Gasteiger partial charge in [0.1, 0.15) is 24.5 Å². The number of amides is 1. The standard InChI is InChI=1S/C15H20FN7O.HI/c1-3-17-15(18-8-13-20-10-21-23(13)2)19-9-14(24)22-12-6-4-11(16)5-7-12;/h4-7,10H,3,8-9H2,1-2H3,(H,22,24)(H2,17,18,19);1H. The summed E-state index contributed by atoms with van der Waals surface area (Å²) in [6.45, 7) is 2.95. The monoisotopic (exact) mass is 461 g/mol. The van der Waals surface area contributed by atoms with Gasteiger partial charge in [0.05, 0.1) is 6.54 Å². The maximum atomic E-state index is 12.8. The van der Waals surface area contributed by atoms with E-state index in [2.05, 4.69) is 31.0 Å². The van der Waals surface area contributed by atoms with Gasteiger partial charge in [-0.2, -0.15) is 5.10 Å². The van der Waals surface area contributed by atoms with E-state index in [0.717, 1.165) is 0 Å². The number of guanidine groups is 1. The number of benzene rings is 1. The molecule has 2 rings (SSSR count). The molecule has 1 aromatic heterocycles. The fourth-order valence-electron chi connectivity index (χ4n) is 1.86. The second kappa shape index (κ2) is 10.6. The first-order valence-electron chi connectivity index (χ1n) is 7.49. The summed E-state index contributed by atoms with van der Waals surface area (Å²) in [6.07, 6.45) is 1.46. The van der Waals surface area contributed by atoms with Crippen molar-refractivity contribution in [3.63, 3.8) is 0 Å². The largest absolute Gasteiger partial charge is 0.357 e. The minimum absolute atomic E-state index is 0. The molecule has 0 atom stereocenters. The van der Waals surface area contributed by atoms with E-state index in [0.29, 0.717) is 30.6 Å². The summed E-state index contributed by atoms with van der Waals surface area (Å²) in [7, 11) is 1.79. The molecule has 10 heteroatoms. The van der Waals surface area contributed by atoms with Crippen LogP contribution < -0.4 is 16.0 Å². The maximum absolute atomic E-state index is 12.8. The van der Waals surface area contributed by atoms with Crippen molar-refractivity contribution >= 4 is 41.5 Å². The van der Waals surface area contributed by atoms with Gasteiger partial charge in [0.2, 0.25) is 5.91 Å². The van der Waals surface area contributed by atoms with Crippen LogP contribution in [0.2, 0.25) is 0 Å². The molecule has 0 aliphatic carbocycles. The summed E-state index contributed by atoms with van der Waals surface area (Å²) in [5.41, 5.74) is 0.532. The molecule has 1 aromatic carbocycles. The van der Waals surface area contributed by atoms with Gasteiger partial charge in [0.25, 0.3) is 0 Å². The van der Waals surface area contributed by atoms with Crippen LogP contribution in [0, 0.1) is 5.82 Å². The molecular weight excluding hydrogens is 440 g/mol. The van der Waals surface area contributed by atoms with Crippen LogP contribution in [0.3, 0.4) is 0 Å². The Hall–Kier alpha value is -2.24. The van der Waals surface area contributed by atoms with Gasteiger partial charge in [-0.25, -0.2) is 14.4 Å². The summed E-state index contributed by atoms with van der Waals surface area (Å²) >= 11 is 0. The second-order valence-corrected chi connectivity index (χ2v) is 4.90. The van der Waals surface area contributed by atoms with Crippen molar-refractivity contribution in [2.24, 2.45) is 12.0 Å². The summed E-state index contributed by atoms with van der Waals surface area (Å²) in [5, 5.41) is 12.6. The first kappa shape index (κ1) is 20.8. The first-order chi connectivity index (χ1) is 11.6. The zero-order valence-corrected chi connectivity index (χ0v) is 16.3. The van der Waals surface area contributed by atoms with E-state index in [4.69, 9.17) is 0 Å². The predicted molar refractivity (Wildman–Crippen MR) is 104 cm³/mol. The minimum Gasteiger partial charge on any atom is -0.357 e. The second-order valence-electron chi connectivity index (χ2n) is 4.90. The van der Waals surface area contributed by atoms with Gasteiger partial charge in [-0.15, -0.1) is 24.0 Å². The molecular formula is C15H21FIN7O. The Balaban J connectivity index is 0.00000312. The Kier molecular flexibility index (Phi) is 8.81. The third-order valence-corrected chi connectivity index (χ3v) is 3.07. The zero-order valence-electron chi connectivity index (χ0n) is 14.0. The average Bonchev–Trinajstić information content (AvgIpc) is 2.97. The van der Waals surface area contributed by atoms with Gasteiger partial charge >= 0.3 is 0 Å². The van der Waals surface area contributed by atoms with E-state index >= 15 is 0 Å². The Labute approximate surface area is 162 Å². The number of aryl methyl sites for hydroxylation is 1. The molecule has 8 nitrogen and oxygen atoms in total. The average molecular weight is 461 g/mol. The molecule has 0 spiro atoms. The Morgan fingerprint density at radius 3 is 2.60 bits per heavy atom. The number of carbonyl (C=O) groups excluding carboxylic acids is 1. The molecule has 0 bridgehead atoms. The van der Waals surface area contributed by atoms with Crippen LogP contribution in [0.15, 0.2) is 35.6 Å². The number of aromatic nitrogens is 3. The normalized spacial score (nSPS) is 10.8. The molecule has 25 heavy (non-hydrogen) atoms. The van der Waals surface area contributed by atoms with Crippen LogP contribution in [0.25, 0.3) is 0 Å². The molecule has 1 amide bonds. The quantitative estimate of drug-likeness (QED) is 0.342. The van der Waals surface area contributed by atoms with Crippen LogP contribution in [0.4, 0.5) is 10.1 Å². The highest BCUT2D eigenvalue weighted by atomic mass is 127. The van der Waals surface area contributed by atoms with Gasteiger partial charge in [0.15, 0.2) is 5.96 Å². The SMILES string of the molecule is CCNC(=NCc1ncnn1C)NCC(=O)Nc1ccc(F)cc1.I. The highest BCUT2D eigenvalue weighted by Crippen LogP contribution is 2.07. The fourth-order valence-corrected chi connectivity index (χ4v) is 1.86. The zero-order chi connectivity index (χ0) is 17.4. The molecule has 2 aromatic rings. The highest BCUT2D eigenvalue weighted by Gasteiger charge is 2.05. The Morgan fingerprint density at radius 2 is 2.00 bits per heavy atom. The number of hydrogen-bond acceptors (Lipinski definition) is 4. The highest BCUT2D eigenvalue weighted by molar-refractivity contribution is 14.0. The smallest absolute Gasteiger partial charge is 0.243 e. The number of aliphatic imine (C=N–C) groups is 1. The van der Waals surface area contributed by atoms with Crippen molar-refractivity contribution in [3.05, 3.63) is 42.2 Å². The number of hydrogen-bond donors (Lipinski definition) is 3. The summed E-state index contributed by atoms with van der Waals surface area (Å²) in [4.78, 5) is 20.4. The molecule has 0 fully saturated rings. The van der Waals surface area contributed by atoms with Crippen LogP contribution in [0.1, 0.15) is 12.7 Å². The van der Waals surface area contributed by atoms with E-state index in [1.54, 1.807) is 11.7 Å². The van der Waals surface area contributed by atoms with Gasteiger partial charge in [-0.05, 0) is 31.2 Å². The van der Waals surface area contributed by atoms with Crippen LogP contribution >= 0.6 is 24.0 Å². The van der Waals surface area contributed by atoms with Gasteiger partial charge in [0, 0.05) is 19.3 Å². The lowest BCUT2D eigenvalue weighted by Crippen LogP contribution is -2.41. The van der Waals surface area contributed by atoms with Crippen molar-refractivity contribution < 1.29 is 9.18 Å². The maximum Gasteiger partial charge on any atom is 0.243 e. The van der Waals surface area contributed by atoms with E-state index in [-0.39, 0.29) is 42.2 Å². The molecule has 0 saturated heterocycles. The Bertz CT molecular complexity index is 702. The third-order valence-electron chi connectivity index (χ3n) is 3.07. The third kappa shape index (κ3) is 7.03. The van der Waals surface area contributed by atoms with Crippen molar-refractivity contribution in [2.75, 3.05) is 18.4 Å². The number of carbonyl (C=O) groups is 1. The van der Waals surface area contributed by atoms with Crippen LogP contribution in [-0.4, -0.2) is 39.7 Å². The predicted octanol–water partition coefficient (Wildman–Crippen LogP) is 1.27. The molecule has 0 saturated carbocycles. The molecule has 0 radical (unpaired) electrons. The number of nitrogens with one attached hydrogen (secondary N) is 3. The number of rotatable bonds is 6. The molecule has 0 unspecified atom stereocenters. The van der Waals surface area contributed by atoms with Crippen LogP contribution in [-0.2, 0) is 18.4 Å². The summed E-state index contributed by atoms with van der Waals surface area (Å²) in [6, 6.07) is 5.58. The van der Waals surface area contributed by atoms with E-state index in [1.807, 2.05) is 6.92 Å². The molecule has 0 aliphatic rings. The van der Waals surface area contributed by atoms with Crippen molar-refractivity contribution in [1.29, 1.82) is 0 Å². The first-order valence-corrected chi connectivity index (χ1v) is 7.49. The summed E-state index contributed by atoms with van der Waals surface area (Å²) in [5.74, 6) is 0.597. The lowest BCUT2D eigenvalue weighted by Gasteiger charge is -2.11. The molecule has 1 heterocycles.